The molecule has 0 fully saturated rings. The molecule has 0 aliphatic carbocycles. The maximum Gasteiger partial charge on any atom is 0.263 e. The molecule has 3 aromatic rings. The second-order valence-corrected chi connectivity index (χ2v) is 9.46. The van der Waals surface area contributed by atoms with E-state index >= 15 is 0 Å². The molecule has 0 saturated carbocycles. The molecule has 0 unspecified atom stereocenters. The first-order chi connectivity index (χ1) is 14.3. The fourth-order valence-electron chi connectivity index (χ4n) is 2.63. The zero-order valence-corrected chi connectivity index (χ0v) is 18.7. The third-order valence-electron chi connectivity index (χ3n) is 4.21. The summed E-state index contributed by atoms with van der Waals surface area (Å²) in [7, 11) is -2.21. The highest BCUT2D eigenvalue weighted by molar-refractivity contribution is 7.93. The van der Waals surface area contributed by atoms with Crippen molar-refractivity contribution in [3.63, 3.8) is 0 Å². The number of halogens is 1. The number of benzene rings is 2. The first-order valence-electron chi connectivity index (χ1n) is 8.95. The number of sulfonamides is 1. The van der Waals surface area contributed by atoms with Gasteiger partial charge in [-0.05, 0) is 55.3 Å². The number of carbonyl (C=O) groups excluding carboxylic acids is 1. The number of anilines is 1. The van der Waals surface area contributed by atoms with Gasteiger partial charge in [0.15, 0.2) is 5.13 Å². The van der Waals surface area contributed by atoms with Crippen LogP contribution in [0.4, 0.5) is 5.13 Å². The summed E-state index contributed by atoms with van der Waals surface area (Å²) in [6.07, 6.45) is 0.656. The standard InChI is InChI=1S/C20H20ClN3O4S2/c1-13-18(19(25)22-12-11-14-3-7-16(28-2)8-4-14)29-20(23-13)24-30(26,27)17-9-5-15(21)6-10-17/h3-10H,11-12H2,1-2H3,(H,22,25)(H,23,24). The fraction of sp³-hybridized carbons (Fsp3) is 0.200. The van der Waals surface area contributed by atoms with Crippen LogP contribution in [0.25, 0.3) is 0 Å². The second kappa shape index (κ2) is 9.46. The van der Waals surface area contributed by atoms with Crippen molar-refractivity contribution in [1.82, 2.24) is 10.3 Å². The predicted octanol–water partition coefficient (Wildman–Crippen LogP) is 3.89. The number of aromatic nitrogens is 1. The lowest BCUT2D eigenvalue weighted by Crippen LogP contribution is -2.25. The average Bonchev–Trinajstić information content (AvgIpc) is 3.08. The highest BCUT2D eigenvalue weighted by atomic mass is 35.5. The minimum atomic E-state index is -3.82. The summed E-state index contributed by atoms with van der Waals surface area (Å²) in [6.45, 7) is 2.10. The van der Waals surface area contributed by atoms with Crippen LogP contribution in [0.5, 0.6) is 5.75 Å². The van der Waals surface area contributed by atoms with Crippen LogP contribution >= 0.6 is 22.9 Å². The van der Waals surface area contributed by atoms with Crippen LogP contribution in [0.15, 0.2) is 53.4 Å². The molecule has 2 N–H and O–H groups in total. The molecule has 7 nitrogen and oxygen atoms in total. The molecule has 0 bridgehead atoms. The monoisotopic (exact) mass is 465 g/mol. The molecule has 0 atom stereocenters. The largest absolute Gasteiger partial charge is 0.497 e. The van der Waals surface area contributed by atoms with Crippen LogP contribution in [0.1, 0.15) is 20.9 Å². The first kappa shape index (κ1) is 22.1. The van der Waals surface area contributed by atoms with Gasteiger partial charge in [-0.25, -0.2) is 13.4 Å². The number of nitrogens with zero attached hydrogens (tertiary/aromatic N) is 1. The maximum absolute atomic E-state index is 12.5. The van der Waals surface area contributed by atoms with E-state index in [0.717, 1.165) is 22.6 Å². The fourth-order valence-corrected chi connectivity index (χ4v) is 4.87. The zero-order chi connectivity index (χ0) is 21.7. The quantitative estimate of drug-likeness (QED) is 0.526. The van der Waals surface area contributed by atoms with Crippen molar-refractivity contribution in [2.75, 3.05) is 18.4 Å². The predicted molar refractivity (Wildman–Crippen MR) is 118 cm³/mol. The van der Waals surface area contributed by atoms with E-state index in [-0.39, 0.29) is 15.9 Å². The summed E-state index contributed by atoms with van der Waals surface area (Å²) in [5, 5.41) is 3.40. The minimum absolute atomic E-state index is 0.0604. The highest BCUT2D eigenvalue weighted by Crippen LogP contribution is 2.25. The van der Waals surface area contributed by atoms with Crippen molar-refractivity contribution in [3.05, 3.63) is 69.7 Å². The molecule has 0 radical (unpaired) electrons. The molecule has 0 aliphatic heterocycles. The molecule has 158 valence electrons. The number of aryl methyl sites for hydroxylation is 1. The Hall–Kier alpha value is -2.62. The highest BCUT2D eigenvalue weighted by Gasteiger charge is 2.20. The molecule has 1 heterocycles. The Labute approximate surface area is 184 Å². The number of amides is 1. The lowest BCUT2D eigenvalue weighted by Gasteiger charge is -2.06. The van der Waals surface area contributed by atoms with E-state index in [1.165, 1.54) is 24.3 Å². The summed E-state index contributed by atoms with van der Waals surface area (Å²) in [5.41, 5.74) is 1.52. The van der Waals surface area contributed by atoms with Crippen LogP contribution in [-0.4, -0.2) is 33.0 Å². The maximum atomic E-state index is 12.5. The molecular formula is C20H20ClN3O4S2. The smallest absolute Gasteiger partial charge is 0.263 e. The van der Waals surface area contributed by atoms with E-state index in [4.69, 9.17) is 16.3 Å². The van der Waals surface area contributed by atoms with Gasteiger partial charge in [0.1, 0.15) is 10.6 Å². The lowest BCUT2D eigenvalue weighted by atomic mass is 10.1. The van der Waals surface area contributed by atoms with Gasteiger partial charge in [0.2, 0.25) is 0 Å². The Morgan fingerprint density at radius 3 is 2.43 bits per heavy atom. The van der Waals surface area contributed by atoms with Crippen molar-refractivity contribution in [1.29, 1.82) is 0 Å². The number of methoxy groups -OCH3 is 1. The molecule has 3 rings (SSSR count). The number of carbonyl (C=O) groups is 1. The molecule has 2 aromatic carbocycles. The SMILES string of the molecule is COc1ccc(CCNC(=O)c2sc(NS(=O)(=O)c3ccc(Cl)cc3)nc2C)cc1. The van der Waals surface area contributed by atoms with Gasteiger partial charge in [0, 0.05) is 11.6 Å². The van der Waals surface area contributed by atoms with Crippen molar-refractivity contribution in [2.24, 2.45) is 0 Å². The Kier molecular flexibility index (Phi) is 6.96. The summed E-state index contributed by atoms with van der Waals surface area (Å²) in [5.74, 6) is 0.479. The van der Waals surface area contributed by atoms with Crippen LogP contribution in [0, 0.1) is 6.92 Å². The molecule has 0 aliphatic rings. The number of ether oxygens (including phenoxy) is 1. The molecular weight excluding hydrogens is 446 g/mol. The van der Waals surface area contributed by atoms with Gasteiger partial charge < -0.3 is 10.1 Å². The van der Waals surface area contributed by atoms with E-state index in [9.17, 15) is 13.2 Å². The Morgan fingerprint density at radius 2 is 1.80 bits per heavy atom. The van der Waals surface area contributed by atoms with Gasteiger partial charge in [-0.1, -0.05) is 35.1 Å². The molecule has 30 heavy (non-hydrogen) atoms. The molecule has 0 saturated heterocycles. The lowest BCUT2D eigenvalue weighted by molar-refractivity contribution is 0.0957. The van der Waals surface area contributed by atoms with Crippen molar-refractivity contribution < 1.29 is 17.9 Å². The normalized spacial score (nSPS) is 11.2. The topological polar surface area (TPSA) is 97.4 Å². The van der Waals surface area contributed by atoms with Crippen LogP contribution in [0.3, 0.4) is 0 Å². The van der Waals surface area contributed by atoms with Gasteiger partial charge in [-0.3, -0.25) is 9.52 Å². The van der Waals surface area contributed by atoms with Crippen molar-refractivity contribution >= 4 is 44.0 Å². The number of hydrogen-bond acceptors (Lipinski definition) is 6. The summed E-state index contributed by atoms with van der Waals surface area (Å²) >= 11 is 6.79. The van der Waals surface area contributed by atoms with Crippen molar-refractivity contribution in [3.8, 4) is 5.75 Å². The van der Waals surface area contributed by atoms with E-state index in [0.29, 0.717) is 28.6 Å². The van der Waals surface area contributed by atoms with Gasteiger partial charge in [-0.2, -0.15) is 0 Å². The van der Waals surface area contributed by atoms with E-state index in [1.807, 2.05) is 24.3 Å². The number of thiazole rings is 1. The van der Waals surface area contributed by atoms with Gasteiger partial charge in [0.05, 0.1) is 17.7 Å². The summed E-state index contributed by atoms with van der Waals surface area (Å²) < 4.78 is 32.5. The number of rotatable bonds is 8. The summed E-state index contributed by atoms with van der Waals surface area (Å²) in [4.78, 5) is 17.1. The van der Waals surface area contributed by atoms with E-state index < -0.39 is 10.0 Å². The second-order valence-electron chi connectivity index (χ2n) is 6.35. The third kappa shape index (κ3) is 5.50. The molecule has 10 heteroatoms. The molecule has 1 amide bonds. The van der Waals surface area contributed by atoms with Crippen LogP contribution < -0.4 is 14.8 Å². The summed E-state index contributed by atoms with van der Waals surface area (Å²) in [6, 6.07) is 13.4. The Balaban J connectivity index is 1.61. The number of hydrogen-bond donors (Lipinski definition) is 2. The van der Waals surface area contributed by atoms with Crippen LogP contribution in [-0.2, 0) is 16.4 Å². The third-order valence-corrected chi connectivity index (χ3v) is 7.01. The van der Waals surface area contributed by atoms with E-state index in [1.54, 1.807) is 14.0 Å². The number of nitrogens with one attached hydrogen (secondary N) is 2. The Morgan fingerprint density at radius 1 is 1.13 bits per heavy atom. The van der Waals surface area contributed by atoms with Gasteiger partial charge in [0.25, 0.3) is 15.9 Å². The van der Waals surface area contributed by atoms with Gasteiger partial charge in [-0.15, -0.1) is 0 Å². The average molecular weight is 466 g/mol. The minimum Gasteiger partial charge on any atom is -0.497 e. The van der Waals surface area contributed by atoms with Gasteiger partial charge >= 0.3 is 0 Å². The Bertz CT molecular complexity index is 1130. The zero-order valence-electron chi connectivity index (χ0n) is 16.3. The van der Waals surface area contributed by atoms with Crippen molar-refractivity contribution in [2.45, 2.75) is 18.2 Å². The molecule has 1 aromatic heterocycles. The molecule has 0 spiro atoms. The van der Waals surface area contributed by atoms with E-state index in [2.05, 4.69) is 15.0 Å². The first-order valence-corrected chi connectivity index (χ1v) is 11.6. The van der Waals surface area contributed by atoms with Crippen LogP contribution in [0.2, 0.25) is 5.02 Å².